The van der Waals surface area contributed by atoms with Crippen LogP contribution in [0.1, 0.15) is 96.3 Å². The summed E-state index contributed by atoms with van der Waals surface area (Å²) in [5.41, 5.74) is -0.0238. The Morgan fingerprint density at radius 2 is 1.26 bits per heavy atom. The van der Waals surface area contributed by atoms with Gasteiger partial charge in [-0.05, 0) is 57.2 Å². The molecule has 1 aromatic carbocycles. The Morgan fingerprint density at radius 3 is 1.78 bits per heavy atom. The number of aliphatic carboxylic acids is 2. The summed E-state index contributed by atoms with van der Waals surface area (Å²) in [6, 6.07) is 5.68. The highest BCUT2D eigenvalue weighted by atomic mass is 16.4. The SMILES string of the molecule is CCCCCCCCCc1ccc(C(C)(C)C(=O)O)c(C(C)(C)C(=O)O)c1. The number of benzene rings is 1. The summed E-state index contributed by atoms with van der Waals surface area (Å²) in [5, 5.41) is 19.3. The van der Waals surface area contributed by atoms with Crippen molar-refractivity contribution in [2.24, 2.45) is 0 Å². The Morgan fingerprint density at radius 1 is 0.778 bits per heavy atom. The predicted molar refractivity (Wildman–Crippen MR) is 109 cm³/mol. The second-order valence-electron chi connectivity index (χ2n) is 8.61. The van der Waals surface area contributed by atoms with Gasteiger partial charge in [0.05, 0.1) is 10.8 Å². The van der Waals surface area contributed by atoms with Gasteiger partial charge in [0.15, 0.2) is 0 Å². The van der Waals surface area contributed by atoms with Gasteiger partial charge < -0.3 is 10.2 Å². The van der Waals surface area contributed by atoms with E-state index in [0.29, 0.717) is 11.1 Å². The average molecular weight is 377 g/mol. The highest BCUT2D eigenvalue weighted by Gasteiger charge is 2.39. The van der Waals surface area contributed by atoms with Crippen LogP contribution >= 0.6 is 0 Å². The van der Waals surface area contributed by atoms with Gasteiger partial charge in [0.1, 0.15) is 0 Å². The van der Waals surface area contributed by atoms with Crippen LogP contribution in [-0.2, 0) is 26.8 Å². The molecule has 152 valence electrons. The number of hydrogen-bond donors (Lipinski definition) is 2. The molecule has 0 saturated heterocycles. The Bertz CT molecular complexity index is 644. The fourth-order valence-corrected chi connectivity index (χ4v) is 3.33. The molecule has 0 unspecified atom stereocenters. The van der Waals surface area contributed by atoms with Gasteiger partial charge >= 0.3 is 11.9 Å². The van der Waals surface area contributed by atoms with Gasteiger partial charge in [-0.2, -0.15) is 0 Å². The summed E-state index contributed by atoms with van der Waals surface area (Å²) in [6.07, 6.45) is 9.49. The van der Waals surface area contributed by atoms with E-state index in [0.717, 1.165) is 18.4 Å². The van der Waals surface area contributed by atoms with Gasteiger partial charge in [-0.3, -0.25) is 9.59 Å². The number of carbonyl (C=O) groups is 2. The van der Waals surface area contributed by atoms with Crippen LogP contribution in [0.5, 0.6) is 0 Å². The third-order valence-corrected chi connectivity index (χ3v) is 5.57. The van der Waals surface area contributed by atoms with Gasteiger partial charge in [-0.1, -0.05) is 63.6 Å². The summed E-state index contributed by atoms with van der Waals surface area (Å²) in [6.45, 7) is 8.75. The maximum absolute atomic E-state index is 11.8. The van der Waals surface area contributed by atoms with Crippen LogP contribution in [0.3, 0.4) is 0 Å². The molecular formula is C23H36O4. The van der Waals surface area contributed by atoms with Gasteiger partial charge in [-0.15, -0.1) is 0 Å². The summed E-state index contributed by atoms with van der Waals surface area (Å²) >= 11 is 0. The van der Waals surface area contributed by atoms with Crippen molar-refractivity contribution in [3.63, 3.8) is 0 Å². The maximum Gasteiger partial charge on any atom is 0.313 e. The number of unbranched alkanes of at least 4 members (excludes halogenated alkanes) is 6. The first-order chi connectivity index (χ1) is 12.5. The minimum Gasteiger partial charge on any atom is -0.481 e. The minimum absolute atomic E-state index is 0.575. The number of rotatable bonds is 12. The predicted octanol–water partition coefficient (Wildman–Crippen LogP) is 5.70. The third-order valence-electron chi connectivity index (χ3n) is 5.57. The van der Waals surface area contributed by atoms with E-state index in [1.807, 2.05) is 18.2 Å². The molecule has 0 atom stereocenters. The van der Waals surface area contributed by atoms with Crippen LogP contribution in [0, 0.1) is 0 Å². The fourth-order valence-electron chi connectivity index (χ4n) is 3.33. The zero-order valence-electron chi connectivity index (χ0n) is 17.6. The summed E-state index contributed by atoms with van der Waals surface area (Å²) < 4.78 is 0. The van der Waals surface area contributed by atoms with Crippen molar-refractivity contribution >= 4 is 11.9 Å². The highest BCUT2D eigenvalue weighted by molar-refractivity contribution is 5.85. The molecule has 0 aliphatic carbocycles. The van der Waals surface area contributed by atoms with Crippen LogP contribution < -0.4 is 0 Å². The molecule has 0 aromatic heterocycles. The Hall–Kier alpha value is -1.84. The van der Waals surface area contributed by atoms with E-state index < -0.39 is 22.8 Å². The molecule has 1 aromatic rings. The van der Waals surface area contributed by atoms with Gasteiger partial charge in [0, 0.05) is 0 Å². The molecule has 0 aliphatic heterocycles. The number of carboxylic acids is 2. The topological polar surface area (TPSA) is 74.6 Å². The third kappa shape index (κ3) is 6.08. The number of carboxylic acid groups (broad SMARTS) is 2. The standard InChI is InChI=1S/C23H36O4/c1-6-7-8-9-10-11-12-13-17-14-15-18(22(2,3)20(24)25)19(16-17)23(4,5)21(26)27/h14-16H,6-13H2,1-5H3,(H,24,25)(H,26,27). The Kier molecular flexibility index (Phi) is 8.52. The van der Waals surface area contributed by atoms with E-state index in [1.165, 1.54) is 38.5 Å². The molecular weight excluding hydrogens is 340 g/mol. The first kappa shape index (κ1) is 23.2. The molecule has 0 bridgehead atoms. The number of hydrogen-bond acceptors (Lipinski definition) is 2. The van der Waals surface area contributed by atoms with Crippen molar-refractivity contribution in [2.45, 2.75) is 96.8 Å². The Balaban J connectivity index is 2.98. The van der Waals surface area contributed by atoms with Crippen LogP contribution in [0.25, 0.3) is 0 Å². The smallest absolute Gasteiger partial charge is 0.313 e. The quantitative estimate of drug-likeness (QED) is 0.459. The fraction of sp³-hybridized carbons (Fsp3) is 0.652. The van der Waals surface area contributed by atoms with Gasteiger partial charge in [0.25, 0.3) is 0 Å². The second kappa shape index (κ2) is 9.91. The molecule has 0 saturated carbocycles. The summed E-state index contributed by atoms with van der Waals surface area (Å²) in [7, 11) is 0. The monoisotopic (exact) mass is 376 g/mol. The molecule has 0 aliphatic rings. The molecule has 0 radical (unpaired) electrons. The van der Waals surface area contributed by atoms with E-state index in [4.69, 9.17) is 0 Å². The van der Waals surface area contributed by atoms with Crippen molar-refractivity contribution in [2.75, 3.05) is 0 Å². The van der Waals surface area contributed by atoms with E-state index in [-0.39, 0.29) is 0 Å². The molecule has 4 heteroatoms. The van der Waals surface area contributed by atoms with Gasteiger partial charge in [-0.25, -0.2) is 0 Å². The first-order valence-electron chi connectivity index (χ1n) is 10.2. The van der Waals surface area contributed by atoms with Crippen molar-refractivity contribution in [3.05, 3.63) is 34.9 Å². The lowest BCUT2D eigenvalue weighted by Crippen LogP contribution is -2.36. The van der Waals surface area contributed by atoms with E-state index >= 15 is 0 Å². The zero-order valence-corrected chi connectivity index (χ0v) is 17.6. The molecule has 0 spiro atoms. The lowest BCUT2D eigenvalue weighted by Gasteiger charge is -2.30. The first-order valence-corrected chi connectivity index (χ1v) is 10.2. The lowest BCUT2D eigenvalue weighted by molar-refractivity contribution is -0.144. The summed E-state index contributed by atoms with van der Waals surface area (Å²) in [5.74, 6) is -1.90. The molecule has 0 fully saturated rings. The molecule has 4 nitrogen and oxygen atoms in total. The normalized spacial score (nSPS) is 12.2. The van der Waals surface area contributed by atoms with E-state index in [1.54, 1.807) is 27.7 Å². The average Bonchev–Trinajstić information content (AvgIpc) is 2.60. The highest BCUT2D eigenvalue weighted by Crippen LogP contribution is 2.36. The lowest BCUT2D eigenvalue weighted by atomic mass is 9.72. The number of aryl methyl sites for hydroxylation is 1. The van der Waals surface area contributed by atoms with Crippen LogP contribution in [-0.4, -0.2) is 22.2 Å². The van der Waals surface area contributed by atoms with Gasteiger partial charge in [0.2, 0.25) is 0 Å². The van der Waals surface area contributed by atoms with Crippen molar-refractivity contribution in [3.8, 4) is 0 Å². The molecule has 2 N–H and O–H groups in total. The summed E-state index contributed by atoms with van der Waals surface area (Å²) in [4.78, 5) is 23.5. The van der Waals surface area contributed by atoms with Crippen LogP contribution in [0.15, 0.2) is 18.2 Å². The molecule has 1 rings (SSSR count). The maximum atomic E-state index is 11.8. The van der Waals surface area contributed by atoms with Crippen molar-refractivity contribution in [1.29, 1.82) is 0 Å². The molecule has 0 heterocycles. The minimum atomic E-state index is -1.14. The second-order valence-corrected chi connectivity index (χ2v) is 8.61. The molecule has 27 heavy (non-hydrogen) atoms. The van der Waals surface area contributed by atoms with E-state index in [9.17, 15) is 19.8 Å². The van der Waals surface area contributed by atoms with Crippen molar-refractivity contribution in [1.82, 2.24) is 0 Å². The Labute approximate surface area is 164 Å². The molecule has 0 amide bonds. The zero-order chi connectivity index (χ0) is 20.7. The van der Waals surface area contributed by atoms with E-state index in [2.05, 4.69) is 6.92 Å². The largest absolute Gasteiger partial charge is 0.481 e. The van der Waals surface area contributed by atoms with Crippen LogP contribution in [0.2, 0.25) is 0 Å². The van der Waals surface area contributed by atoms with Crippen molar-refractivity contribution < 1.29 is 19.8 Å². The van der Waals surface area contributed by atoms with Crippen LogP contribution in [0.4, 0.5) is 0 Å².